The molecule has 2 aliphatic carbocycles. The Labute approximate surface area is 272 Å². The van der Waals surface area contributed by atoms with Gasteiger partial charge in [0.05, 0.1) is 22.5 Å². The summed E-state index contributed by atoms with van der Waals surface area (Å²) in [5.41, 5.74) is 3.32. The molecule has 7 atom stereocenters. The lowest BCUT2D eigenvalue weighted by atomic mass is 9.68. The van der Waals surface area contributed by atoms with Crippen molar-refractivity contribution in [2.45, 2.75) is 29.5 Å². The van der Waals surface area contributed by atoms with Crippen LogP contribution in [-0.2, 0) is 14.4 Å². The molecule has 4 aliphatic rings. The first-order valence-corrected chi connectivity index (χ1v) is 17.0. The van der Waals surface area contributed by atoms with Gasteiger partial charge in [0.2, 0.25) is 11.8 Å². The third-order valence-corrected chi connectivity index (χ3v) is 12.6. The SMILES string of the molecule is Cc1ccc(NC(=O)COc2cccc([C@@H]3c4sc(=O)[nH]c4S[C@@H]4[C@@H]5C[C@@H]([C@@H]6C(=O)N(c7ccc(Cl)cc7)C(=O)[C@@H]56)[C@H]34)c2)cc1. The number of carbonyl (C=O) groups excluding carboxylic acids is 3. The third-order valence-electron chi connectivity index (χ3n) is 9.73. The number of anilines is 2. The van der Waals surface area contributed by atoms with Crippen molar-refractivity contribution in [3.05, 3.63) is 103 Å². The number of aromatic nitrogens is 1. The number of halogens is 1. The first-order chi connectivity index (χ1) is 21.8. The maximum Gasteiger partial charge on any atom is 0.305 e. The number of fused-ring (bicyclic) bond motifs is 9. The molecule has 3 heterocycles. The Bertz CT molecular complexity index is 1910. The van der Waals surface area contributed by atoms with Crippen LogP contribution in [0, 0.1) is 36.5 Å². The van der Waals surface area contributed by atoms with Crippen molar-refractivity contribution in [2.24, 2.45) is 29.6 Å². The van der Waals surface area contributed by atoms with Gasteiger partial charge in [-0.25, -0.2) is 0 Å². The fourth-order valence-corrected chi connectivity index (χ4v) is 11.0. The van der Waals surface area contributed by atoms with Crippen LogP contribution in [0.2, 0.25) is 5.02 Å². The normalized spacial score (nSPS) is 27.7. The monoisotopic (exact) mass is 657 g/mol. The molecule has 3 fully saturated rings. The van der Waals surface area contributed by atoms with Gasteiger partial charge in [-0.15, -0.1) is 11.8 Å². The number of ether oxygens (including phenoxy) is 1. The van der Waals surface area contributed by atoms with Gasteiger partial charge in [-0.3, -0.25) is 24.1 Å². The molecule has 1 saturated heterocycles. The Morgan fingerprint density at radius 1 is 1.00 bits per heavy atom. The van der Waals surface area contributed by atoms with Crippen molar-refractivity contribution in [1.82, 2.24) is 4.98 Å². The van der Waals surface area contributed by atoms with Gasteiger partial charge in [0.15, 0.2) is 6.61 Å². The smallest absolute Gasteiger partial charge is 0.305 e. The van der Waals surface area contributed by atoms with Crippen LogP contribution in [0.25, 0.3) is 0 Å². The average Bonchev–Trinajstić information content (AvgIpc) is 3.77. The number of rotatable bonds is 6. The summed E-state index contributed by atoms with van der Waals surface area (Å²) in [5.74, 6) is -0.854. The number of aromatic amines is 1. The van der Waals surface area contributed by atoms with Crippen LogP contribution in [0.4, 0.5) is 11.4 Å². The van der Waals surface area contributed by atoms with Crippen molar-refractivity contribution in [3.8, 4) is 5.75 Å². The number of amides is 3. The summed E-state index contributed by atoms with van der Waals surface area (Å²) in [6, 6.07) is 22.1. The third kappa shape index (κ3) is 4.73. The Morgan fingerprint density at radius 2 is 1.73 bits per heavy atom. The number of nitrogens with one attached hydrogen (secondary N) is 2. The molecule has 45 heavy (non-hydrogen) atoms. The van der Waals surface area contributed by atoms with E-state index < -0.39 is 5.92 Å². The number of nitrogens with zero attached hydrogens (tertiary/aromatic N) is 1. The fraction of sp³-hybridized carbons (Fsp3) is 0.294. The summed E-state index contributed by atoms with van der Waals surface area (Å²) in [5, 5.41) is 4.32. The molecule has 8 rings (SSSR count). The second-order valence-electron chi connectivity index (χ2n) is 12.2. The van der Waals surface area contributed by atoms with E-state index in [-0.39, 0.29) is 64.0 Å². The molecule has 11 heteroatoms. The Hall–Kier alpha value is -3.86. The minimum absolute atomic E-state index is 0.00790. The molecule has 1 aromatic heterocycles. The minimum Gasteiger partial charge on any atom is -0.484 e. The summed E-state index contributed by atoms with van der Waals surface area (Å²) in [6.07, 6.45) is 0.800. The molecule has 3 aromatic carbocycles. The molecule has 3 amide bonds. The van der Waals surface area contributed by atoms with Gasteiger partial charge in [-0.1, -0.05) is 52.8 Å². The second-order valence-corrected chi connectivity index (χ2v) is 14.9. The molecule has 4 aromatic rings. The lowest BCUT2D eigenvalue weighted by Crippen LogP contribution is -2.42. The summed E-state index contributed by atoms with van der Waals surface area (Å²) in [7, 11) is 0. The van der Waals surface area contributed by atoms with Crippen LogP contribution in [0.1, 0.15) is 28.3 Å². The van der Waals surface area contributed by atoms with Gasteiger partial charge in [-0.2, -0.15) is 0 Å². The number of H-pyrrole nitrogens is 1. The molecule has 8 nitrogen and oxygen atoms in total. The maximum absolute atomic E-state index is 13.9. The molecule has 0 radical (unpaired) electrons. The Balaban J connectivity index is 1.08. The summed E-state index contributed by atoms with van der Waals surface area (Å²) in [4.78, 5) is 58.2. The average molecular weight is 658 g/mol. The number of hydrogen-bond donors (Lipinski definition) is 2. The van der Waals surface area contributed by atoms with E-state index in [1.807, 2.05) is 55.5 Å². The van der Waals surface area contributed by atoms with Crippen LogP contribution < -0.4 is 19.8 Å². The predicted octanol–water partition coefficient (Wildman–Crippen LogP) is 6.09. The van der Waals surface area contributed by atoms with Crippen molar-refractivity contribution >= 4 is 63.8 Å². The molecule has 2 aliphatic heterocycles. The van der Waals surface area contributed by atoms with Crippen molar-refractivity contribution in [1.29, 1.82) is 0 Å². The fourth-order valence-electron chi connectivity index (χ4n) is 8.02. The van der Waals surface area contributed by atoms with E-state index in [0.29, 0.717) is 22.1 Å². The molecule has 228 valence electrons. The highest BCUT2D eigenvalue weighted by atomic mass is 35.5. The van der Waals surface area contributed by atoms with Crippen LogP contribution in [0.5, 0.6) is 5.75 Å². The number of hydrogen-bond acceptors (Lipinski definition) is 7. The minimum atomic E-state index is -0.398. The highest BCUT2D eigenvalue weighted by molar-refractivity contribution is 8.00. The number of thioether (sulfide) groups is 1. The van der Waals surface area contributed by atoms with Gasteiger partial charge >= 0.3 is 4.87 Å². The van der Waals surface area contributed by atoms with E-state index >= 15 is 0 Å². The van der Waals surface area contributed by atoms with Gasteiger partial charge in [0.1, 0.15) is 5.75 Å². The van der Waals surface area contributed by atoms with Crippen LogP contribution in [-0.4, -0.2) is 34.6 Å². The van der Waals surface area contributed by atoms with Gasteiger partial charge in [0, 0.05) is 26.8 Å². The number of carbonyl (C=O) groups is 3. The standard InChI is InChI=1S/C34H28ClN3O5S2/c1-16-5-9-19(10-6-16)36-24(39)15-43-21-4-2-3-17(13-21)25-26-22-14-23(29(26)44-31-30(25)45-34(42)37-31)28-27(22)32(40)38(33(28)41)20-11-7-18(35)8-12-20/h2-13,22-23,25-29H,14-15H2,1H3,(H,36,39)(H,37,42)/t22-,23-,25+,26-,27+,28+,29-/m1/s1. The van der Waals surface area contributed by atoms with E-state index in [4.69, 9.17) is 16.3 Å². The quantitative estimate of drug-likeness (QED) is 0.243. The summed E-state index contributed by atoms with van der Waals surface area (Å²) in [6.45, 7) is 1.83. The lowest BCUT2D eigenvalue weighted by Gasteiger charge is -2.43. The van der Waals surface area contributed by atoms with E-state index in [9.17, 15) is 19.2 Å². The summed E-state index contributed by atoms with van der Waals surface area (Å²) < 4.78 is 5.94. The zero-order valence-electron chi connectivity index (χ0n) is 24.1. The molecule has 2 saturated carbocycles. The Morgan fingerprint density at radius 3 is 2.49 bits per heavy atom. The van der Waals surface area contributed by atoms with Gasteiger partial charge in [-0.05, 0) is 85.2 Å². The van der Waals surface area contributed by atoms with Crippen LogP contribution in [0.15, 0.2) is 82.6 Å². The largest absolute Gasteiger partial charge is 0.484 e. The molecule has 2 N–H and O–H groups in total. The predicted molar refractivity (Wildman–Crippen MR) is 174 cm³/mol. The zero-order chi connectivity index (χ0) is 31.0. The lowest BCUT2D eigenvalue weighted by molar-refractivity contribution is -0.123. The molecular weight excluding hydrogens is 630 g/mol. The molecule has 2 bridgehead atoms. The van der Waals surface area contributed by atoms with Gasteiger partial charge in [0.25, 0.3) is 5.91 Å². The first kappa shape index (κ1) is 28.6. The van der Waals surface area contributed by atoms with E-state index in [0.717, 1.165) is 27.5 Å². The highest BCUT2D eigenvalue weighted by Gasteiger charge is 2.69. The topological polar surface area (TPSA) is 109 Å². The molecule has 0 spiro atoms. The number of imide groups is 1. The number of benzene rings is 3. The van der Waals surface area contributed by atoms with Crippen molar-refractivity contribution in [2.75, 3.05) is 16.8 Å². The van der Waals surface area contributed by atoms with Crippen LogP contribution in [0.3, 0.4) is 0 Å². The van der Waals surface area contributed by atoms with E-state index in [1.165, 1.54) is 16.2 Å². The highest BCUT2D eigenvalue weighted by Crippen LogP contribution is 2.68. The number of aryl methyl sites for hydroxylation is 1. The number of thiazole rings is 1. The van der Waals surface area contributed by atoms with Crippen molar-refractivity contribution < 1.29 is 19.1 Å². The van der Waals surface area contributed by atoms with E-state index in [1.54, 1.807) is 36.0 Å². The maximum atomic E-state index is 13.9. The summed E-state index contributed by atoms with van der Waals surface area (Å²) >= 11 is 8.95. The second kappa shape index (κ2) is 10.9. The van der Waals surface area contributed by atoms with Gasteiger partial charge < -0.3 is 15.0 Å². The molecular formula is C34H28ClN3O5S2. The zero-order valence-corrected chi connectivity index (χ0v) is 26.5. The first-order valence-electron chi connectivity index (χ1n) is 14.9. The van der Waals surface area contributed by atoms with Crippen LogP contribution >= 0.6 is 34.7 Å². The Kier molecular flexibility index (Phi) is 6.92. The van der Waals surface area contributed by atoms with Crippen molar-refractivity contribution in [3.63, 3.8) is 0 Å². The molecule has 0 unspecified atom stereocenters. The van der Waals surface area contributed by atoms with E-state index in [2.05, 4.69) is 10.3 Å².